The molecule has 1 rings (SSSR count). The monoisotopic (exact) mass is 294 g/mol. The van der Waals surface area contributed by atoms with Crippen LogP contribution in [-0.2, 0) is 11.0 Å². The first-order valence-electron chi connectivity index (χ1n) is 4.94. The van der Waals surface area contributed by atoms with E-state index < -0.39 is 23.7 Å². The second-order valence-electron chi connectivity index (χ2n) is 3.40. The van der Waals surface area contributed by atoms with Crippen molar-refractivity contribution in [2.45, 2.75) is 17.6 Å². The van der Waals surface area contributed by atoms with E-state index in [-0.39, 0.29) is 22.8 Å². The van der Waals surface area contributed by atoms with Gasteiger partial charge in [-0.05, 0) is 12.1 Å². The Morgan fingerprint density at radius 3 is 2.47 bits per heavy atom. The number of nitrogens with zero attached hydrogens (tertiary/aromatic N) is 1. The molecule has 0 fully saturated rings. The van der Waals surface area contributed by atoms with Crippen LogP contribution in [0, 0.1) is 0 Å². The first-order valence-corrected chi connectivity index (χ1v) is 5.93. The Hall–Kier alpha value is -1.77. The van der Waals surface area contributed by atoms with Crippen molar-refractivity contribution in [3.05, 3.63) is 23.4 Å². The van der Waals surface area contributed by atoms with Crippen LogP contribution in [-0.4, -0.2) is 27.7 Å². The lowest BCUT2D eigenvalue weighted by Gasteiger charge is -2.10. The number of aromatic nitrogens is 1. The van der Waals surface area contributed by atoms with Gasteiger partial charge in [-0.25, -0.2) is 4.98 Å². The van der Waals surface area contributed by atoms with Crippen LogP contribution >= 0.6 is 11.8 Å². The first kappa shape index (κ1) is 15.3. The standard InChI is InChI=1S/C10H9F3N2O3S/c11-10(12,13)6-2-1-5(8(14)18)9(15-6)19-4-3-7(16)17/h1-2H,3-4H2,(H2,14,18)(H,16,17). The van der Waals surface area contributed by atoms with Crippen LogP contribution in [0.3, 0.4) is 0 Å². The number of carboxylic acid groups (broad SMARTS) is 1. The number of carboxylic acids is 1. The zero-order valence-corrected chi connectivity index (χ0v) is 10.2. The highest BCUT2D eigenvalue weighted by atomic mass is 32.2. The lowest BCUT2D eigenvalue weighted by Crippen LogP contribution is -2.16. The molecule has 0 aliphatic rings. The molecule has 0 bridgehead atoms. The maximum absolute atomic E-state index is 12.5. The van der Waals surface area contributed by atoms with Crippen molar-refractivity contribution in [2.24, 2.45) is 5.73 Å². The second kappa shape index (κ2) is 5.91. The van der Waals surface area contributed by atoms with Gasteiger partial charge in [-0.3, -0.25) is 9.59 Å². The molecule has 3 N–H and O–H groups in total. The van der Waals surface area contributed by atoms with Crippen LogP contribution in [0.15, 0.2) is 17.2 Å². The minimum Gasteiger partial charge on any atom is -0.481 e. The quantitative estimate of drug-likeness (QED) is 0.807. The summed E-state index contributed by atoms with van der Waals surface area (Å²) in [5, 5.41) is 8.23. The third-order valence-corrected chi connectivity index (χ3v) is 2.96. The summed E-state index contributed by atoms with van der Waals surface area (Å²) in [6.07, 6.45) is -4.90. The van der Waals surface area contributed by atoms with Crippen LogP contribution in [0.2, 0.25) is 0 Å². The van der Waals surface area contributed by atoms with Crippen molar-refractivity contribution in [2.75, 3.05) is 5.75 Å². The number of carbonyl (C=O) groups excluding carboxylic acids is 1. The molecular formula is C10H9F3N2O3S. The van der Waals surface area contributed by atoms with Crippen LogP contribution in [0.4, 0.5) is 13.2 Å². The lowest BCUT2D eigenvalue weighted by molar-refractivity contribution is -0.141. The number of pyridine rings is 1. The number of alkyl halides is 3. The number of carbonyl (C=O) groups is 2. The van der Waals surface area contributed by atoms with Crippen molar-refractivity contribution >= 4 is 23.6 Å². The van der Waals surface area contributed by atoms with Gasteiger partial charge in [-0.15, -0.1) is 11.8 Å². The van der Waals surface area contributed by atoms with E-state index in [2.05, 4.69) is 4.98 Å². The number of nitrogens with two attached hydrogens (primary N) is 1. The number of amides is 1. The number of rotatable bonds is 5. The van der Waals surface area contributed by atoms with Gasteiger partial charge in [0.15, 0.2) is 0 Å². The molecule has 0 aromatic carbocycles. The molecule has 0 saturated heterocycles. The van der Waals surface area contributed by atoms with Crippen molar-refractivity contribution in [1.29, 1.82) is 0 Å². The molecule has 0 aliphatic carbocycles. The summed E-state index contributed by atoms with van der Waals surface area (Å²) >= 11 is 0.741. The van der Waals surface area contributed by atoms with E-state index in [9.17, 15) is 22.8 Å². The average molecular weight is 294 g/mol. The number of primary amides is 1. The number of hydrogen-bond donors (Lipinski definition) is 2. The maximum atomic E-state index is 12.5. The Morgan fingerprint density at radius 2 is 2.00 bits per heavy atom. The zero-order chi connectivity index (χ0) is 14.6. The number of hydrogen-bond acceptors (Lipinski definition) is 4. The fourth-order valence-electron chi connectivity index (χ4n) is 1.13. The molecule has 1 aromatic heterocycles. The molecule has 5 nitrogen and oxygen atoms in total. The molecule has 104 valence electrons. The topological polar surface area (TPSA) is 93.3 Å². The molecule has 0 saturated carbocycles. The highest BCUT2D eigenvalue weighted by molar-refractivity contribution is 7.99. The molecule has 1 amide bonds. The summed E-state index contributed by atoms with van der Waals surface area (Å²) in [6, 6.07) is 1.59. The van der Waals surface area contributed by atoms with Gasteiger partial charge >= 0.3 is 12.1 Å². The molecule has 0 radical (unpaired) electrons. The SMILES string of the molecule is NC(=O)c1ccc(C(F)(F)F)nc1SCCC(=O)O. The van der Waals surface area contributed by atoms with Gasteiger partial charge in [0.1, 0.15) is 10.7 Å². The number of thioether (sulfide) groups is 1. The van der Waals surface area contributed by atoms with E-state index in [1.807, 2.05) is 0 Å². The normalized spacial score (nSPS) is 11.3. The summed E-state index contributed by atoms with van der Waals surface area (Å²) < 4.78 is 37.4. The fourth-order valence-corrected chi connectivity index (χ4v) is 2.09. The molecule has 0 aliphatic heterocycles. The molecule has 0 spiro atoms. The maximum Gasteiger partial charge on any atom is 0.433 e. The van der Waals surface area contributed by atoms with E-state index >= 15 is 0 Å². The largest absolute Gasteiger partial charge is 0.481 e. The summed E-state index contributed by atoms with van der Waals surface area (Å²) in [4.78, 5) is 24.7. The molecular weight excluding hydrogens is 285 g/mol. The predicted octanol–water partition coefficient (Wildman–Crippen LogP) is 1.77. The molecule has 0 unspecified atom stereocenters. The van der Waals surface area contributed by atoms with Crippen LogP contribution in [0.5, 0.6) is 0 Å². The smallest absolute Gasteiger partial charge is 0.433 e. The molecule has 9 heteroatoms. The molecule has 1 aromatic rings. The first-order chi connectivity index (χ1) is 8.71. The molecule has 19 heavy (non-hydrogen) atoms. The highest BCUT2D eigenvalue weighted by Crippen LogP contribution is 2.30. The Morgan fingerprint density at radius 1 is 1.37 bits per heavy atom. The van der Waals surface area contributed by atoms with E-state index in [1.165, 1.54) is 0 Å². The Balaban J connectivity index is 3.02. The predicted molar refractivity (Wildman–Crippen MR) is 60.7 cm³/mol. The summed E-state index contributed by atoms with van der Waals surface area (Å²) in [7, 11) is 0. The number of halogens is 3. The van der Waals surface area contributed by atoms with Gasteiger partial charge in [0.2, 0.25) is 0 Å². The van der Waals surface area contributed by atoms with Gasteiger partial charge in [0.05, 0.1) is 12.0 Å². The lowest BCUT2D eigenvalue weighted by atomic mass is 10.2. The summed E-state index contributed by atoms with van der Waals surface area (Å²) in [5.74, 6) is -2.02. The van der Waals surface area contributed by atoms with Gasteiger partial charge in [-0.2, -0.15) is 13.2 Å². The number of aliphatic carboxylic acids is 1. The van der Waals surface area contributed by atoms with E-state index in [4.69, 9.17) is 10.8 Å². The third-order valence-electron chi connectivity index (χ3n) is 1.97. The van der Waals surface area contributed by atoms with Gasteiger partial charge in [-0.1, -0.05) is 0 Å². The van der Waals surface area contributed by atoms with Crippen molar-refractivity contribution in [1.82, 2.24) is 4.98 Å². The van der Waals surface area contributed by atoms with E-state index in [0.717, 1.165) is 17.8 Å². The molecule has 0 atom stereocenters. The summed E-state index contributed by atoms with van der Waals surface area (Å²) in [6.45, 7) is 0. The Labute approximate surface area is 110 Å². The van der Waals surface area contributed by atoms with Crippen LogP contribution in [0.1, 0.15) is 22.5 Å². The minimum absolute atomic E-state index is 0.01000. The van der Waals surface area contributed by atoms with E-state index in [1.54, 1.807) is 0 Å². The zero-order valence-electron chi connectivity index (χ0n) is 9.40. The summed E-state index contributed by atoms with van der Waals surface area (Å²) in [5.41, 5.74) is 3.69. The third kappa shape index (κ3) is 4.43. The minimum atomic E-state index is -4.64. The van der Waals surface area contributed by atoms with Crippen molar-refractivity contribution in [3.63, 3.8) is 0 Å². The van der Waals surface area contributed by atoms with Gasteiger partial charge in [0.25, 0.3) is 5.91 Å². The Bertz CT molecular complexity index is 505. The highest BCUT2D eigenvalue weighted by Gasteiger charge is 2.33. The second-order valence-corrected chi connectivity index (χ2v) is 4.49. The van der Waals surface area contributed by atoms with Crippen LogP contribution in [0.25, 0.3) is 0 Å². The van der Waals surface area contributed by atoms with Crippen molar-refractivity contribution in [3.8, 4) is 0 Å². The van der Waals surface area contributed by atoms with E-state index in [0.29, 0.717) is 6.07 Å². The fraction of sp³-hybridized carbons (Fsp3) is 0.300. The van der Waals surface area contributed by atoms with Crippen LogP contribution < -0.4 is 5.73 Å². The van der Waals surface area contributed by atoms with Crippen molar-refractivity contribution < 1.29 is 27.9 Å². The Kier molecular flexibility index (Phi) is 4.76. The van der Waals surface area contributed by atoms with Gasteiger partial charge < -0.3 is 10.8 Å². The van der Waals surface area contributed by atoms with Gasteiger partial charge in [0, 0.05) is 5.75 Å². The molecule has 1 heterocycles. The average Bonchev–Trinajstić information content (AvgIpc) is 2.26.